The van der Waals surface area contributed by atoms with E-state index in [1.165, 1.54) is 42.5 Å². The minimum absolute atomic E-state index is 0.0381. The molecule has 1 aliphatic rings. The van der Waals surface area contributed by atoms with Crippen molar-refractivity contribution in [2.24, 2.45) is 0 Å². The van der Waals surface area contributed by atoms with Crippen molar-refractivity contribution < 1.29 is 28.4 Å². The maximum absolute atomic E-state index is 13.0. The normalized spacial score (nSPS) is 14.1. The zero-order valence-electron chi connectivity index (χ0n) is 17.9. The van der Waals surface area contributed by atoms with Gasteiger partial charge in [-0.2, -0.15) is 0 Å². The molecular formula is C24H17FN4O6. The predicted octanol–water partition coefficient (Wildman–Crippen LogP) is 3.21. The largest absolute Gasteiger partial charge is 0.483 e. The van der Waals surface area contributed by atoms with Crippen molar-refractivity contribution in [3.8, 4) is 5.75 Å². The first kappa shape index (κ1) is 23.1. The van der Waals surface area contributed by atoms with Crippen LogP contribution < -0.4 is 20.5 Å². The third-order valence-corrected chi connectivity index (χ3v) is 4.90. The summed E-state index contributed by atoms with van der Waals surface area (Å²) >= 11 is 0. The van der Waals surface area contributed by atoms with Crippen LogP contribution in [0.4, 0.5) is 21.5 Å². The number of nitro benzene ring substituents is 1. The third kappa shape index (κ3) is 5.30. The highest BCUT2D eigenvalue weighted by molar-refractivity contribution is 6.31. The summed E-state index contributed by atoms with van der Waals surface area (Å²) in [5.74, 6) is -2.35. The molecule has 3 aromatic carbocycles. The number of nitrogens with zero attached hydrogens (tertiary/aromatic N) is 2. The Morgan fingerprint density at radius 3 is 2.49 bits per heavy atom. The summed E-state index contributed by atoms with van der Waals surface area (Å²) in [6.07, 6.45) is 1.17. The molecule has 1 fully saturated rings. The molecular weight excluding hydrogens is 459 g/mol. The van der Waals surface area contributed by atoms with Crippen LogP contribution in [0.1, 0.15) is 5.56 Å². The van der Waals surface area contributed by atoms with E-state index in [1.54, 1.807) is 30.3 Å². The number of non-ortho nitro benzene ring substituents is 1. The van der Waals surface area contributed by atoms with E-state index in [0.717, 1.165) is 11.1 Å². The number of nitro groups is 1. The first-order valence-corrected chi connectivity index (χ1v) is 10.2. The summed E-state index contributed by atoms with van der Waals surface area (Å²) < 4.78 is 18.5. The lowest BCUT2D eigenvalue weighted by molar-refractivity contribution is -0.384. The van der Waals surface area contributed by atoms with Gasteiger partial charge in [-0.1, -0.05) is 18.2 Å². The standard InChI is InChI=1S/C24H17FN4O6/c25-16-6-8-17(9-7-16)26-22(30)14-35-21-11-10-19(29(33)34)12-15(21)13-20-23(31)27-28(24(20)32)18-4-2-1-3-5-18/h1-13H,14H2,(H,26,30)(H,27,31). The maximum Gasteiger partial charge on any atom is 0.282 e. The number of rotatable bonds is 7. The lowest BCUT2D eigenvalue weighted by atomic mass is 10.1. The van der Waals surface area contributed by atoms with E-state index >= 15 is 0 Å². The van der Waals surface area contributed by atoms with Gasteiger partial charge in [-0.15, -0.1) is 0 Å². The average Bonchev–Trinajstić information content (AvgIpc) is 3.13. The number of halogens is 1. The number of anilines is 2. The molecule has 2 N–H and O–H groups in total. The van der Waals surface area contributed by atoms with E-state index in [-0.39, 0.29) is 22.6 Å². The molecule has 11 heteroatoms. The summed E-state index contributed by atoms with van der Waals surface area (Å²) in [4.78, 5) is 48.2. The number of hydrogen-bond acceptors (Lipinski definition) is 6. The second-order valence-corrected chi connectivity index (χ2v) is 7.30. The number of benzene rings is 3. The number of amides is 3. The number of para-hydroxylation sites is 1. The lowest BCUT2D eigenvalue weighted by Crippen LogP contribution is -2.35. The van der Waals surface area contributed by atoms with Gasteiger partial charge in [0.05, 0.1) is 10.6 Å². The van der Waals surface area contributed by atoms with Crippen molar-refractivity contribution in [3.05, 3.63) is 99.9 Å². The highest BCUT2D eigenvalue weighted by atomic mass is 19.1. The Bertz CT molecular complexity index is 1340. The second kappa shape index (κ2) is 9.83. The highest BCUT2D eigenvalue weighted by Crippen LogP contribution is 2.29. The predicted molar refractivity (Wildman–Crippen MR) is 124 cm³/mol. The van der Waals surface area contributed by atoms with Crippen LogP contribution in [0.5, 0.6) is 5.75 Å². The number of carbonyl (C=O) groups is 3. The van der Waals surface area contributed by atoms with Crippen molar-refractivity contribution in [2.75, 3.05) is 16.9 Å². The Morgan fingerprint density at radius 2 is 1.80 bits per heavy atom. The number of hydrogen-bond donors (Lipinski definition) is 2. The van der Waals surface area contributed by atoms with Gasteiger partial charge in [-0.25, -0.2) is 9.40 Å². The monoisotopic (exact) mass is 476 g/mol. The zero-order valence-corrected chi connectivity index (χ0v) is 17.9. The zero-order chi connectivity index (χ0) is 24.9. The van der Waals surface area contributed by atoms with Gasteiger partial charge < -0.3 is 10.1 Å². The summed E-state index contributed by atoms with van der Waals surface area (Å²) in [5, 5.41) is 14.8. The fourth-order valence-corrected chi connectivity index (χ4v) is 3.24. The van der Waals surface area contributed by atoms with Crippen LogP contribution >= 0.6 is 0 Å². The van der Waals surface area contributed by atoms with Gasteiger partial charge in [-0.05, 0) is 48.5 Å². The van der Waals surface area contributed by atoms with E-state index in [0.29, 0.717) is 11.4 Å². The molecule has 0 atom stereocenters. The molecule has 35 heavy (non-hydrogen) atoms. The molecule has 1 heterocycles. The molecule has 0 bridgehead atoms. The Morgan fingerprint density at radius 1 is 1.09 bits per heavy atom. The molecule has 0 saturated carbocycles. The molecule has 10 nitrogen and oxygen atoms in total. The summed E-state index contributed by atoms with van der Waals surface area (Å²) in [6.45, 7) is -0.484. The number of hydrazine groups is 1. The molecule has 0 radical (unpaired) electrons. The number of carbonyl (C=O) groups excluding carboxylic acids is 3. The van der Waals surface area contributed by atoms with Crippen molar-refractivity contribution in [1.29, 1.82) is 0 Å². The van der Waals surface area contributed by atoms with Gasteiger partial charge in [0, 0.05) is 23.4 Å². The van der Waals surface area contributed by atoms with Crippen LogP contribution in [-0.2, 0) is 14.4 Å². The molecule has 0 aliphatic carbocycles. The maximum atomic E-state index is 13.0. The Balaban J connectivity index is 1.57. The first-order valence-electron chi connectivity index (χ1n) is 10.2. The molecule has 3 aromatic rings. The Kier molecular flexibility index (Phi) is 6.49. The van der Waals surface area contributed by atoms with Crippen LogP contribution in [0.2, 0.25) is 0 Å². The number of nitrogens with one attached hydrogen (secondary N) is 2. The molecule has 0 aromatic heterocycles. The van der Waals surface area contributed by atoms with Gasteiger partial charge in [0.25, 0.3) is 23.4 Å². The topological polar surface area (TPSA) is 131 Å². The average molecular weight is 476 g/mol. The smallest absolute Gasteiger partial charge is 0.282 e. The van der Waals surface area contributed by atoms with Crippen LogP contribution in [0.25, 0.3) is 6.08 Å². The van der Waals surface area contributed by atoms with Crippen LogP contribution in [0, 0.1) is 15.9 Å². The van der Waals surface area contributed by atoms with Gasteiger partial charge >= 0.3 is 0 Å². The van der Waals surface area contributed by atoms with Crippen molar-refractivity contribution in [3.63, 3.8) is 0 Å². The van der Waals surface area contributed by atoms with Gasteiger partial charge in [0.15, 0.2) is 6.61 Å². The molecule has 1 aliphatic heterocycles. The molecule has 176 valence electrons. The van der Waals surface area contributed by atoms with Crippen molar-refractivity contribution in [1.82, 2.24) is 5.43 Å². The van der Waals surface area contributed by atoms with E-state index in [4.69, 9.17) is 4.74 Å². The molecule has 0 unspecified atom stereocenters. The lowest BCUT2D eigenvalue weighted by Gasteiger charge is -2.14. The summed E-state index contributed by atoms with van der Waals surface area (Å²) in [5.41, 5.74) is 2.71. The van der Waals surface area contributed by atoms with Crippen molar-refractivity contribution >= 4 is 40.9 Å². The third-order valence-electron chi connectivity index (χ3n) is 4.90. The van der Waals surface area contributed by atoms with E-state index < -0.39 is 35.1 Å². The van der Waals surface area contributed by atoms with E-state index in [9.17, 15) is 28.9 Å². The molecule has 1 saturated heterocycles. The second-order valence-electron chi connectivity index (χ2n) is 7.30. The Labute approximate surface area is 197 Å². The van der Waals surface area contributed by atoms with Gasteiger partial charge in [0.1, 0.15) is 17.1 Å². The summed E-state index contributed by atoms with van der Waals surface area (Å²) in [6, 6.07) is 17.1. The van der Waals surface area contributed by atoms with Crippen molar-refractivity contribution in [2.45, 2.75) is 0 Å². The van der Waals surface area contributed by atoms with Crippen LogP contribution in [-0.4, -0.2) is 29.3 Å². The Hall–Kier alpha value is -5.06. The molecule has 0 spiro atoms. The number of ether oxygens (including phenoxy) is 1. The van der Waals surface area contributed by atoms with Crippen LogP contribution in [0.3, 0.4) is 0 Å². The van der Waals surface area contributed by atoms with Crippen LogP contribution in [0.15, 0.2) is 78.4 Å². The SMILES string of the molecule is O=C(COc1ccc([N+](=O)[O-])cc1C=C1C(=O)NN(c2ccccc2)C1=O)Nc1ccc(F)cc1. The van der Waals surface area contributed by atoms with E-state index in [1.807, 2.05) is 0 Å². The molecule has 4 rings (SSSR count). The quantitative estimate of drug-likeness (QED) is 0.233. The van der Waals surface area contributed by atoms with Gasteiger partial charge in [-0.3, -0.25) is 29.9 Å². The fraction of sp³-hybridized carbons (Fsp3) is 0.0417. The minimum atomic E-state index is -0.703. The van der Waals surface area contributed by atoms with Gasteiger partial charge in [0.2, 0.25) is 0 Å². The molecule has 3 amide bonds. The first-order chi connectivity index (χ1) is 16.8. The minimum Gasteiger partial charge on any atom is -0.483 e. The summed E-state index contributed by atoms with van der Waals surface area (Å²) in [7, 11) is 0. The van der Waals surface area contributed by atoms with E-state index in [2.05, 4.69) is 10.7 Å². The highest BCUT2D eigenvalue weighted by Gasteiger charge is 2.34. The fourth-order valence-electron chi connectivity index (χ4n) is 3.24.